The van der Waals surface area contributed by atoms with Gasteiger partial charge in [0.15, 0.2) is 0 Å². The van der Waals surface area contributed by atoms with Gasteiger partial charge in [-0.25, -0.2) is 0 Å². The van der Waals surface area contributed by atoms with Crippen molar-refractivity contribution < 1.29 is 9.53 Å². The van der Waals surface area contributed by atoms with Gasteiger partial charge in [0.05, 0.1) is 19.1 Å². The van der Waals surface area contributed by atoms with Crippen LogP contribution in [0.2, 0.25) is 0 Å². The van der Waals surface area contributed by atoms with Crippen LogP contribution in [0.4, 0.5) is 0 Å². The number of likely N-dealkylation sites (N-methyl/N-ethyl adjacent to an activating group) is 1. The summed E-state index contributed by atoms with van der Waals surface area (Å²) in [5.41, 5.74) is 0.130. The summed E-state index contributed by atoms with van der Waals surface area (Å²) in [6, 6.07) is 0.198. The van der Waals surface area contributed by atoms with Crippen LogP contribution in [0.1, 0.15) is 45.4 Å². The van der Waals surface area contributed by atoms with Gasteiger partial charge in [0.1, 0.15) is 0 Å². The van der Waals surface area contributed by atoms with Crippen LogP contribution in [-0.2, 0) is 9.53 Å². The van der Waals surface area contributed by atoms with Gasteiger partial charge in [0.2, 0.25) is 5.91 Å². The predicted molar refractivity (Wildman–Crippen MR) is 80.8 cm³/mol. The molecule has 4 heteroatoms. The van der Waals surface area contributed by atoms with Crippen molar-refractivity contribution in [3.63, 3.8) is 0 Å². The van der Waals surface area contributed by atoms with Crippen LogP contribution in [0.5, 0.6) is 0 Å². The van der Waals surface area contributed by atoms with E-state index in [1.165, 1.54) is 38.5 Å². The molecule has 4 saturated carbocycles. The van der Waals surface area contributed by atoms with Crippen molar-refractivity contribution in [2.24, 2.45) is 23.7 Å². The van der Waals surface area contributed by atoms with Crippen LogP contribution in [0.15, 0.2) is 0 Å². The number of rotatable bonds is 4. The molecular formula is C17H28N2O2. The zero-order chi connectivity index (χ0) is 14.4. The van der Waals surface area contributed by atoms with E-state index in [4.69, 9.17) is 4.74 Å². The minimum absolute atomic E-state index is 0.00189. The Bertz CT molecular complexity index is 388. The topological polar surface area (TPSA) is 50.4 Å². The molecule has 2 N–H and O–H groups in total. The molecule has 1 heterocycles. The van der Waals surface area contributed by atoms with E-state index in [1.54, 1.807) is 0 Å². The fourth-order valence-electron chi connectivity index (χ4n) is 5.89. The first-order chi connectivity index (χ1) is 10.2. The second kappa shape index (κ2) is 5.24. The van der Waals surface area contributed by atoms with Crippen molar-refractivity contribution in [2.75, 3.05) is 19.8 Å². The van der Waals surface area contributed by atoms with Crippen molar-refractivity contribution >= 4 is 5.91 Å². The number of hydrogen-bond acceptors (Lipinski definition) is 3. The molecule has 0 aromatic carbocycles. The van der Waals surface area contributed by atoms with E-state index in [-0.39, 0.29) is 23.4 Å². The lowest BCUT2D eigenvalue weighted by Gasteiger charge is -2.57. The van der Waals surface area contributed by atoms with E-state index in [0.29, 0.717) is 13.2 Å². The van der Waals surface area contributed by atoms with E-state index in [9.17, 15) is 4.79 Å². The van der Waals surface area contributed by atoms with Crippen molar-refractivity contribution in [1.29, 1.82) is 0 Å². The van der Waals surface area contributed by atoms with Crippen molar-refractivity contribution in [3.05, 3.63) is 0 Å². The van der Waals surface area contributed by atoms with E-state index in [0.717, 1.165) is 24.3 Å². The number of carbonyl (C=O) groups is 1. The molecule has 21 heavy (non-hydrogen) atoms. The maximum atomic E-state index is 12.8. The smallest absolute Gasteiger partial charge is 0.227 e. The Morgan fingerprint density at radius 1 is 1.10 bits per heavy atom. The lowest BCUT2D eigenvalue weighted by atomic mass is 9.53. The zero-order valence-corrected chi connectivity index (χ0v) is 13.1. The molecule has 1 amide bonds. The zero-order valence-electron chi connectivity index (χ0n) is 13.1. The molecule has 0 aromatic rings. The van der Waals surface area contributed by atoms with Crippen LogP contribution in [0, 0.1) is 23.7 Å². The highest BCUT2D eigenvalue weighted by atomic mass is 16.5. The Morgan fingerprint density at radius 3 is 2.29 bits per heavy atom. The van der Waals surface area contributed by atoms with Gasteiger partial charge in [0, 0.05) is 11.6 Å². The Hall–Kier alpha value is -0.610. The molecule has 0 spiro atoms. The first kappa shape index (κ1) is 14.0. The standard InChI is InChI=1S/C17H28N2O2/c1-2-18-15-10-21-9-14(15)16(20)19-17-6-11-3-12(7-17)5-13(4-11)8-17/h11-15,18H,2-10H2,1H3,(H,19,20). The lowest BCUT2D eigenvalue weighted by Crippen LogP contribution is -2.61. The molecule has 0 aromatic heterocycles. The predicted octanol–water partition coefficient (Wildman–Crippen LogP) is 1.70. The first-order valence-corrected chi connectivity index (χ1v) is 8.80. The normalized spacial score (nSPS) is 47.8. The van der Waals surface area contributed by atoms with Crippen LogP contribution in [0.25, 0.3) is 0 Å². The quantitative estimate of drug-likeness (QED) is 0.829. The van der Waals surface area contributed by atoms with E-state index in [1.807, 2.05) is 0 Å². The van der Waals surface area contributed by atoms with Crippen molar-refractivity contribution in [1.82, 2.24) is 10.6 Å². The first-order valence-electron chi connectivity index (χ1n) is 8.80. The third kappa shape index (κ3) is 2.50. The monoisotopic (exact) mass is 292 g/mol. The summed E-state index contributed by atoms with van der Waals surface area (Å²) in [5, 5.41) is 6.89. The van der Waals surface area contributed by atoms with Gasteiger partial charge in [-0.2, -0.15) is 0 Å². The number of amides is 1. The molecule has 0 radical (unpaired) electrons. The highest BCUT2D eigenvalue weighted by Crippen LogP contribution is 2.55. The summed E-state index contributed by atoms with van der Waals surface area (Å²) in [4.78, 5) is 12.8. The number of carbonyl (C=O) groups excluding carboxylic acids is 1. The molecule has 118 valence electrons. The summed E-state index contributed by atoms with van der Waals surface area (Å²) in [6.45, 7) is 4.24. The molecule has 5 aliphatic rings. The van der Waals surface area contributed by atoms with Gasteiger partial charge >= 0.3 is 0 Å². The fraction of sp³-hybridized carbons (Fsp3) is 0.941. The molecule has 4 bridgehead atoms. The summed E-state index contributed by atoms with van der Waals surface area (Å²) >= 11 is 0. The average Bonchev–Trinajstić information content (AvgIpc) is 2.85. The number of hydrogen-bond donors (Lipinski definition) is 2. The second-order valence-electron chi connectivity index (χ2n) is 8.00. The van der Waals surface area contributed by atoms with Gasteiger partial charge in [0.25, 0.3) is 0 Å². The van der Waals surface area contributed by atoms with Crippen LogP contribution < -0.4 is 10.6 Å². The largest absolute Gasteiger partial charge is 0.379 e. The summed E-state index contributed by atoms with van der Waals surface area (Å²) < 4.78 is 5.54. The second-order valence-corrected chi connectivity index (χ2v) is 8.00. The van der Waals surface area contributed by atoms with E-state index in [2.05, 4.69) is 17.6 Å². The molecular weight excluding hydrogens is 264 g/mol. The van der Waals surface area contributed by atoms with Gasteiger partial charge < -0.3 is 15.4 Å². The Morgan fingerprint density at radius 2 is 1.71 bits per heavy atom. The summed E-state index contributed by atoms with van der Waals surface area (Å²) in [5.74, 6) is 2.86. The highest BCUT2D eigenvalue weighted by molar-refractivity contribution is 5.80. The number of nitrogens with one attached hydrogen (secondary N) is 2. The van der Waals surface area contributed by atoms with Crippen molar-refractivity contribution in [3.8, 4) is 0 Å². The molecule has 1 aliphatic heterocycles. The summed E-state index contributed by atoms with van der Waals surface area (Å²) in [7, 11) is 0. The highest BCUT2D eigenvalue weighted by Gasteiger charge is 2.52. The van der Waals surface area contributed by atoms with Gasteiger partial charge in [-0.1, -0.05) is 6.92 Å². The molecule has 1 saturated heterocycles. The molecule has 5 rings (SSSR count). The Labute approximate surface area is 127 Å². The van der Waals surface area contributed by atoms with Crippen LogP contribution >= 0.6 is 0 Å². The fourth-order valence-corrected chi connectivity index (χ4v) is 5.89. The lowest BCUT2D eigenvalue weighted by molar-refractivity contribution is -0.131. The van der Waals surface area contributed by atoms with Gasteiger partial charge in [-0.05, 0) is 62.8 Å². The SMILES string of the molecule is CCNC1COCC1C(=O)NC12CC3CC(CC(C3)C1)C2. The summed E-state index contributed by atoms with van der Waals surface area (Å²) in [6.07, 6.45) is 7.93. The number of ether oxygens (including phenoxy) is 1. The third-order valence-corrected chi connectivity index (χ3v) is 6.31. The van der Waals surface area contributed by atoms with Crippen LogP contribution in [-0.4, -0.2) is 37.2 Å². The maximum Gasteiger partial charge on any atom is 0.227 e. The molecule has 4 aliphatic carbocycles. The average molecular weight is 292 g/mol. The Kier molecular flexibility index (Phi) is 3.49. The molecule has 2 unspecified atom stereocenters. The third-order valence-electron chi connectivity index (χ3n) is 6.31. The molecule has 4 nitrogen and oxygen atoms in total. The van der Waals surface area contributed by atoms with Gasteiger partial charge in [-0.15, -0.1) is 0 Å². The van der Waals surface area contributed by atoms with Gasteiger partial charge in [-0.3, -0.25) is 4.79 Å². The minimum atomic E-state index is -0.00189. The van der Waals surface area contributed by atoms with Crippen molar-refractivity contribution in [2.45, 2.75) is 57.0 Å². The molecule has 5 fully saturated rings. The Balaban J connectivity index is 1.44. The van der Waals surface area contributed by atoms with E-state index >= 15 is 0 Å². The maximum absolute atomic E-state index is 12.8. The van der Waals surface area contributed by atoms with E-state index < -0.39 is 0 Å². The minimum Gasteiger partial charge on any atom is -0.379 e. The molecule has 2 atom stereocenters. The van der Waals surface area contributed by atoms with Crippen LogP contribution in [0.3, 0.4) is 0 Å².